The van der Waals surface area contributed by atoms with Crippen molar-refractivity contribution >= 4 is 17.7 Å². The predicted molar refractivity (Wildman–Crippen MR) is 72.9 cm³/mol. The molecular weight excluding hydrogens is 234 g/mol. The van der Waals surface area contributed by atoms with Crippen molar-refractivity contribution < 1.29 is 4.79 Å². The quantitative estimate of drug-likeness (QED) is 0.715. The largest absolute Gasteiger partial charge is 0.343 e. The van der Waals surface area contributed by atoms with Crippen LogP contribution in [-0.2, 0) is 4.79 Å². The SMILES string of the molecule is CCN(CC)C(=O)CSCC(C#N)NC(C)C. The van der Waals surface area contributed by atoms with Gasteiger partial charge < -0.3 is 4.90 Å². The van der Waals surface area contributed by atoms with Crippen molar-refractivity contribution in [1.29, 1.82) is 5.26 Å². The fraction of sp³-hybridized carbons (Fsp3) is 0.833. The molecule has 0 aliphatic rings. The molecule has 0 aromatic rings. The van der Waals surface area contributed by atoms with Gasteiger partial charge in [0.15, 0.2) is 0 Å². The van der Waals surface area contributed by atoms with E-state index in [-0.39, 0.29) is 11.9 Å². The Balaban J connectivity index is 3.89. The average molecular weight is 257 g/mol. The average Bonchev–Trinajstić information content (AvgIpc) is 2.28. The second kappa shape index (κ2) is 9.32. The first-order valence-corrected chi connectivity index (χ1v) is 7.21. The molecule has 0 fully saturated rings. The molecule has 0 saturated heterocycles. The van der Waals surface area contributed by atoms with Crippen LogP contribution in [0.25, 0.3) is 0 Å². The number of carbonyl (C=O) groups excluding carboxylic acids is 1. The summed E-state index contributed by atoms with van der Waals surface area (Å²) in [5.41, 5.74) is 0. The first-order chi connectivity index (χ1) is 8.04. The number of nitriles is 1. The maximum absolute atomic E-state index is 11.7. The van der Waals surface area contributed by atoms with Crippen LogP contribution in [0.15, 0.2) is 0 Å². The summed E-state index contributed by atoms with van der Waals surface area (Å²) in [6.45, 7) is 9.48. The molecule has 0 saturated carbocycles. The van der Waals surface area contributed by atoms with Crippen molar-refractivity contribution in [2.75, 3.05) is 24.6 Å². The van der Waals surface area contributed by atoms with E-state index in [4.69, 9.17) is 5.26 Å². The highest BCUT2D eigenvalue weighted by molar-refractivity contribution is 8.00. The molecule has 17 heavy (non-hydrogen) atoms. The summed E-state index contributed by atoms with van der Waals surface area (Å²) in [6, 6.07) is 2.32. The van der Waals surface area contributed by atoms with Gasteiger partial charge in [0.05, 0.1) is 11.8 Å². The lowest BCUT2D eigenvalue weighted by Crippen LogP contribution is -2.36. The Labute approximate surface area is 109 Å². The van der Waals surface area contributed by atoms with Crippen LogP contribution in [0.2, 0.25) is 0 Å². The summed E-state index contributed by atoms with van der Waals surface area (Å²) < 4.78 is 0. The van der Waals surface area contributed by atoms with Crippen LogP contribution in [-0.4, -0.2) is 47.5 Å². The Kier molecular flexibility index (Phi) is 8.92. The van der Waals surface area contributed by atoms with E-state index < -0.39 is 0 Å². The summed E-state index contributed by atoms with van der Waals surface area (Å²) in [5, 5.41) is 12.1. The van der Waals surface area contributed by atoms with Crippen molar-refractivity contribution in [2.45, 2.75) is 39.8 Å². The van der Waals surface area contributed by atoms with Gasteiger partial charge in [0, 0.05) is 24.9 Å². The third-order valence-electron chi connectivity index (χ3n) is 2.32. The van der Waals surface area contributed by atoms with Gasteiger partial charge in [0.2, 0.25) is 5.91 Å². The zero-order valence-corrected chi connectivity index (χ0v) is 12.0. The Morgan fingerprint density at radius 2 is 2.00 bits per heavy atom. The molecule has 0 rings (SSSR count). The molecule has 98 valence electrons. The minimum Gasteiger partial charge on any atom is -0.343 e. The number of nitrogens with one attached hydrogen (secondary N) is 1. The predicted octanol–water partition coefficient (Wildman–Crippen LogP) is 1.48. The molecule has 0 bridgehead atoms. The molecule has 1 unspecified atom stereocenters. The second-order valence-corrected chi connectivity index (χ2v) is 5.11. The number of carbonyl (C=O) groups is 1. The summed E-state index contributed by atoms with van der Waals surface area (Å²) in [7, 11) is 0. The van der Waals surface area contributed by atoms with E-state index in [2.05, 4.69) is 11.4 Å². The van der Waals surface area contributed by atoms with E-state index in [1.807, 2.05) is 32.6 Å². The van der Waals surface area contributed by atoms with Crippen LogP contribution in [0.3, 0.4) is 0 Å². The number of amides is 1. The first kappa shape index (κ1) is 16.3. The highest BCUT2D eigenvalue weighted by Crippen LogP contribution is 2.05. The van der Waals surface area contributed by atoms with E-state index in [0.717, 1.165) is 13.1 Å². The third kappa shape index (κ3) is 7.24. The number of rotatable bonds is 8. The summed E-state index contributed by atoms with van der Waals surface area (Å²) in [4.78, 5) is 13.5. The van der Waals surface area contributed by atoms with Gasteiger partial charge >= 0.3 is 0 Å². The Hall–Kier alpha value is -0.730. The molecule has 1 amide bonds. The summed E-state index contributed by atoms with van der Waals surface area (Å²) in [5.74, 6) is 1.27. The topological polar surface area (TPSA) is 56.1 Å². The highest BCUT2D eigenvalue weighted by Gasteiger charge is 2.12. The highest BCUT2D eigenvalue weighted by atomic mass is 32.2. The molecule has 0 aromatic carbocycles. The minimum absolute atomic E-state index is 0.154. The van der Waals surface area contributed by atoms with E-state index >= 15 is 0 Å². The van der Waals surface area contributed by atoms with Gasteiger partial charge in [-0.15, -0.1) is 11.8 Å². The van der Waals surface area contributed by atoms with E-state index in [1.54, 1.807) is 0 Å². The minimum atomic E-state index is -0.176. The molecule has 0 spiro atoms. The lowest BCUT2D eigenvalue weighted by molar-refractivity contribution is -0.127. The fourth-order valence-electron chi connectivity index (χ4n) is 1.46. The van der Waals surface area contributed by atoms with Gasteiger partial charge in [-0.1, -0.05) is 0 Å². The van der Waals surface area contributed by atoms with E-state index in [1.165, 1.54) is 11.8 Å². The van der Waals surface area contributed by atoms with Crippen molar-refractivity contribution in [2.24, 2.45) is 0 Å². The maximum Gasteiger partial charge on any atom is 0.232 e. The molecule has 4 nitrogen and oxygen atoms in total. The zero-order valence-electron chi connectivity index (χ0n) is 11.2. The maximum atomic E-state index is 11.7. The lowest BCUT2D eigenvalue weighted by atomic mass is 10.3. The van der Waals surface area contributed by atoms with E-state index in [0.29, 0.717) is 17.5 Å². The van der Waals surface area contributed by atoms with Crippen molar-refractivity contribution in [3.05, 3.63) is 0 Å². The van der Waals surface area contributed by atoms with Crippen LogP contribution < -0.4 is 5.32 Å². The van der Waals surface area contributed by atoms with Gasteiger partial charge in [-0.25, -0.2) is 0 Å². The summed E-state index contributed by atoms with van der Waals surface area (Å²) in [6.07, 6.45) is 0. The Bertz CT molecular complexity index is 259. The third-order valence-corrected chi connectivity index (χ3v) is 3.34. The molecule has 0 aliphatic carbocycles. The van der Waals surface area contributed by atoms with Crippen molar-refractivity contribution in [1.82, 2.24) is 10.2 Å². The van der Waals surface area contributed by atoms with Gasteiger partial charge in [-0.3, -0.25) is 10.1 Å². The van der Waals surface area contributed by atoms with Gasteiger partial charge in [-0.05, 0) is 27.7 Å². The first-order valence-electron chi connectivity index (χ1n) is 6.06. The molecule has 0 aliphatic heterocycles. The lowest BCUT2D eigenvalue weighted by Gasteiger charge is -2.19. The van der Waals surface area contributed by atoms with Crippen LogP contribution in [0.4, 0.5) is 0 Å². The van der Waals surface area contributed by atoms with Crippen LogP contribution >= 0.6 is 11.8 Å². The van der Waals surface area contributed by atoms with Gasteiger partial charge in [0.25, 0.3) is 0 Å². The Morgan fingerprint density at radius 1 is 1.41 bits per heavy atom. The standard InChI is InChI=1S/C12H23N3OS/c1-5-15(6-2)12(16)9-17-8-11(7-13)14-10(3)4/h10-11,14H,5-6,8-9H2,1-4H3. The van der Waals surface area contributed by atoms with Crippen molar-refractivity contribution in [3.8, 4) is 6.07 Å². The molecule has 1 atom stereocenters. The summed E-state index contributed by atoms with van der Waals surface area (Å²) >= 11 is 1.52. The van der Waals surface area contributed by atoms with Crippen LogP contribution in [0.5, 0.6) is 0 Å². The smallest absolute Gasteiger partial charge is 0.232 e. The second-order valence-electron chi connectivity index (χ2n) is 4.08. The number of thioether (sulfide) groups is 1. The Morgan fingerprint density at radius 3 is 2.41 bits per heavy atom. The number of nitrogens with zero attached hydrogens (tertiary/aromatic N) is 2. The monoisotopic (exact) mass is 257 g/mol. The molecular formula is C12H23N3OS. The van der Waals surface area contributed by atoms with Crippen molar-refractivity contribution in [3.63, 3.8) is 0 Å². The van der Waals surface area contributed by atoms with Crippen LogP contribution in [0.1, 0.15) is 27.7 Å². The number of hydrogen-bond donors (Lipinski definition) is 1. The molecule has 0 aromatic heterocycles. The normalized spacial score (nSPS) is 12.2. The molecule has 0 heterocycles. The molecule has 1 N–H and O–H groups in total. The zero-order chi connectivity index (χ0) is 13.3. The van der Waals surface area contributed by atoms with Crippen LogP contribution in [0, 0.1) is 11.3 Å². The van der Waals surface area contributed by atoms with E-state index in [9.17, 15) is 4.79 Å². The molecule has 5 heteroatoms. The fourth-order valence-corrected chi connectivity index (χ4v) is 2.34. The van der Waals surface area contributed by atoms with Gasteiger partial charge in [-0.2, -0.15) is 5.26 Å². The molecule has 0 radical (unpaired) electrons. The van der Waals surface area contributed by atoms with Gasteiger partial charge in [0.1, 0.15) is 6.04 Å². The number of hydrogen-bond acceptors (Lipinski definition) is 4.